The highest BCUT2D eigenvalue weighted by Gasteiger charge is 2.24. The number of fused-ring (bicyclic) bond motifs is 1. The summed E-state index contributed by atoms with van der Waals surface area (Å²) in [6.07, 6.45) is 18.7. The first-order chi connectivity index (χ1) is 12.7. The van der Waals surface area contributed by atoms with Gasteiger partial charge in [0, 0.05) is 19.0 Å². The van der Waals surface area contributed by atoms with Gasteiger partial charge in [-0.3, -0.25) is 4.79 Å². The Kier molecular flexibility index (Phi) is 8.93. The number of hydrogen-bond donors (Lipinski definition) is 1. The van der Waals surface area contributed by atoms with Crippen LogP contribution >= 0.6 is 0 Å². The maximum Gasteiger partial charge on any atom is 0.279 e. The molecular formula is C22H36N2O2. The van der Waals surface area contributed by atoms with E-state index >= 15 is 0 Å². The molecule has 0 bridgehead atoms. The van der Waals surface area contributed by atoms with Crippen LogP contribution in [0.25, 0.3) is 0 Å². The molecule has 2 heterocycles. The van der Waals surface area contributed by atoms with E-state index in [2.05, 4.69) is 18.8 Å². The third-order valence-electron chi connectivity index (χ3n) is 5.52. The third kappa shape index (κ3) is 6.00. The van der Waals surface area contributed by atoms with Gasteiger partial charge in [0.25, 0.3) is 5.91 Å². The zero-order valence-electron chi connectivity index (χ0n) is 16.7. The number of rotatable bonds is 14. The van der Waals surface area contributed by atoms with Crippen molar-refractivity contribution < 1.29 is 9.90 Å². The average Bonchev–Trinajstić information content (AvgIpc) is 3.15. The van der Waals surface area contributed by atoms with Crippen LogP contribution in [0, 0.1) is 5.92 Å². The van der Waals surface area contributed by atoms with Crippen molar-refractivity contribution in [3.8, 4) is 5.88 Å². The van der Waals surface area contributed by atoms with Gasteiger partial charge in [0.15, 0.2) is 0 Å². The number of hydrogen-bond acceptors (Lipinski definition) is 2. The van der Waals surface area contributed by atoms with E-state index in [-0.39, 0.29) is 11.8 Å². The van der Waals surface area contributed by atoms with Gasteiger partial charge in [-0.1, -0.05) is 78.1 Å². The highest BCUT2D eigenvalue weighted by molar-refractivity contribution is 6.14. The van der Waals surface area contributed by atoms with Crippen molar-refractivity contribution in [1.82, 2.24) is 4.57 Å². The molecule has 0 aliphatic carbocycles. The normalized spacial score (nSPS) is 14.2. The first kappa shape index (κ1) is 20.7. The lowest BCUT2D eigenvalue weighted by molar-refractivity contribution is 0.101. The lowest BCUT2D eigenvalue weighted by Gasteiger charge is -2.18. The van der Waals surface area contributed by atoms with E-state index < -0.39 is 0 Å². The van der Waals surface area contributed by atoms with Gasteiger partial charge in [0.1, 0.15) is 0 Å². The van der Waals surface area contributed by atoms with E-state index in [0.29, 0.717) is 17.0 Å². The minimum absolute atomic E-state index is 0.205. The molecule has 0 saturated carbocycles. The summed E-state index contributed by atoms with van der Waals surface area (Å²) in [5.74, 6) is 0.545. The van der Waals surface area contributed by atoms with Gasteiger partial charge < -0.3 is 9.67 Å². The molecule has 0 spiro atoms. The summed E-state index contributed by atoms with van der Waals surface area (Å²) in [7, 11) is 0. The topological polar surface area (TPSA) is 54.6 Å². The molecule has 0 fully saturated rings. The van der Waals surface area contributed by atoms with Crippen molar-refractivity contribution in [1.29, 1.82) is 0 Å². The second-order valence-electron chi connectivity index (χ2n) is 7.77. The highest BCUT2D eigenvalue weighted by Crippen LogP contribution is 2.29. The third-order valence-corrected chi connectivity index (χ3v) is 5.52. The Morgan fingerprint density at radius 3 is 2.15 bits per heavy atom. The molecule has 4 heteroatoms. The summed E-state index contributed by atoms with van der Waals surface area (Å²) >= 11 is 0. The quantitative estimate of drug-likeness (QED) is 0.407. The van der Waals surface area contributed by atoms with Crippen molar-refractivity contribution >= 4 is 12.1 Å². The van der Waals surface area contributed by atoms with Crippen LogP contribution < -0.4 is 0 Å². The molecule has 1 aromatic heterocycles. The van der Waals surface area contributed by atoms with Gasteiger partial charge in [-0.2, -0.15) is 0 Å². The minimum atomic E-state index is -0.232. The highest BCUT2D eigenvalue weighted by atomic mass is 16.3. The molecule has 1 N–H and O–H groups in total. The molecule has 0 radical (unpaired) electrons. The van der Waals surface area contributed by atoms with Crippen LogP contribution in [0.4, 0.5) is 0 Å². The van der Waals surface area contributed by atoms with Crippen molar-refractivity contribution in [2.75, 3.05) is 0 Å². The average molecular weight is 361 g/mol. The predicted molar refractivity (Wildman–Crippen MR) is 108 cm³/mol. The second-order valence-corrected chi connectivity index (χ2v) is 7.77. The first-order valence-corrected chi connectivity index (χ1v) is 10.7. The molecule has 1 aliphatic rings. The van der Waals surface area contributed by atoms with Crippen molar-refractivity contribution in [3.05, 3.63) is 17.3 Å². The van der Waals surface area contributed by atoms with Crippen LogP contribution in [0.2, 0.25) is 0 Å². The minimum Gasteiger partial charge on any atom is -0.494 e. The molecule has 26 heavy (non-hydrogen) atoms. The largest absolute Gasteiger partial charge is 0.494 e. The molecule has 1 aliphatic heterocycles. The maximum atomic E-state index is 11.7. The van der Waals surface area contributed by atoms with Crippen LogP contribution in [0.5, 0.6) is 5.88 Å². The van der Waals surface area contributed by atoms with Gasteiger partial charge in [0.2, 0.25) is 5.88 Å². The molecule has 146 valence electrons. The molecule has 1 aromatic rings. The fourth-order valence-electron chi connectivity index (χ4n) is 3.87. The number of aliphatic imine (C=N–C) groups is 1. The Morgan fingerprint density at radius 1 is 0.962 bits per heavy atom. The fraction of sp³-hybridized carbons (Fsp3) is 0.727. The molecule has 1 atom stereocenters. The van der Waals surface area contributed by atoms with Gasteiger partial charge in [-0.15, -0.1) is 0 Å². The van der Waals surface area contributed by atoms with E-state index in [1.807, 2.05) is 4.57 Å². The van der Waals surface area contributed by atoms with Crippen LogP contribution in [0.15, 0.2) is 11.2 Å². The Morgan fingerprint density at radius 2 is 1.54 bits per heavy atom. The monoisotopic (exact) mass is 360 g/mol. The predicted octanol–water partition coefficient (Wildman–Crippen LogP) is 6.10. The van der Waals surface area contributed by atoms with Gasteiger partial charge in [-0.05, 0) is 18.8 Å². The van der Waals surface area contributed by atoms with Crippen LogP contribution in [-0.2, 0) is 6.54 Å². The number of carbonyl (C=O) groups is 1. The van der Waals surface area contributed by atoms with Crippen LogP contribution in [0.1, 0.15) is 107 Å². The fourth-order valence-corrected chi connectivity index (χ4v) is 3.87. The second kappa shape index (κ2) is 11.2. The lowest BCUT2D eigenvalue weighted by Crippen LogP contribution is -2.11. The maximum absolute atomic E-state index is 11.7. The first-order valence-electron chi connectivity index (χ1n) is 10.7. The molecule has 0 aromatic carbocycles. The van der Waals surface area contributed by atoms with E-state index in [0.717, 1.165) is 6.54 Å². The number of nitrogens with zero attached hydrogens (tertiary/aromatic N) is 2. The van der Waals surface area contributed by atoms with Crippen LogP contribution in [-0.4, -0.2) is 21.8 Å². The van der Waals surface area contributed by atoms with E-state index in [4.69, 9.17) is 0 Å². The molecule has 0 saturated heterocycles. The molecule has 1 amide bonds. The zero-order chi connectivity index (χ0) is 18.8. The van der Waals surface area contributed by atoms with Crippen LogP contribution in [0.3, 0.4) is 0 Å². The van der Waals surface area contributed by atoms with Crippen molar-refractivity contribution in [2.45, 2.75) is 97.4 Å². The molecule has 1 unspecified atom stereocenters. The number of unbranched alkanes of at least 4 members (excludes halogenated alkanes) is 8. The summed E-state index contributed by atoms with van der Waals surface area (Å²) in [5, 5.41) is 10.4. The van der Waals surface area contributed by atoms with Crippen molar-refractivity contribution in [2.24, 2.45) is 10.9 Å². The number of amides is 1. The smallest absolute Gasteiger partial charge is 0.279 e. The van der Waals surface area contributed by atoms with Gasteiger partial charge in [0.05, 0.1) is 11.1 Å². The van der Waals surface area contributed by atoms with E-state index in [1.54, 1.807) is 6.20 Å². The van der Waals surface area contributed by atoms with E-state index in [9.17, 15) is 9.90 Å². The van der Waals surface area contributed by atoms with E-state index in [1.165, 1.54) is 83.3 Å². The lowest BCUT2D eigenvalue weighted by atomic mass is 9.94. The summed E-state index contributed by atoms with van der Waals surface area (Å²) in [6, 6.07) is 0. The SMILES string of the molecule is CCCCCCCCC(CCCCCC)Cn1cc2c(c1O)C=NC2=O. The molecule has 2 rings (SSSR count). The Balaban J connectivity index is 1.87. The standard InChI is InChI=1S/C22H36N2O2/c1-3-5-7-9-10-12-14-18(13-11-8-6-4-2)16-24-17-20-19(22(24)26)15-23-21(20)25/h15,17-18,26H,3-14,16H2,1-2H3. The Labute approximate surface area is 158 Å². The zero-order valence-corrected chi connectivity index (χ0v) is 16.7. The van der Waals surface area contributed by atoms with Crippen molar-refractivity contribution in [3.63, 3.8) is 0 Å². The Bertz CT molecular complexity index is 589. The molecule has 4 nitrogen and oxygen atoms in total. The number of carbonyl (C=O) groups excluding carboxylic acids is 1. The summed E-state index contributed by atoms with van der Waals surface area (Å²) in [6.45, 7) is 5.30. The molecular weight excluding hydrogens is 324 g/mol. The number of aromatic hydroxyl groups is 1. The summed E-state index contributed by atoms with van der Waals surface area (Å²) in [5.41, 5.74) is 1.14. The Hall–Kier alpha value is -1.58. The summed E-state index contributed by atoms with van der Waals surface area (Å²) < 4.78 is 1.87. The van der Waals surface area contributed by atoms with Gasteiger partial charge in [-0.25, -0.2) is 4.99 Å². The summed E-state index contributed by atoms with van der Waals surface area (Å²) in [4.78, 5) is 15.5. The number of aromatic nitrogens is 1. The van der Waals surface area contributed by atoms with Gasteiger partial charge >= 0.3 is 0 Å².